The number of aliphatic hydroxyl groups excluding tert-OH is 1. The standard InChI is InChI=1S/C21H21NO5/c1-2-25-21(24)20(19-12-15(13-23)14-26-19)22-16-8-10-18(11-9-16)27-17-6-4-3-5-7-17/h3-12,14,20,22-23H,2,13H2,1H3. The van der Waals surface area contributed by atoms with Crippen LogP contribution >= 0.6 is 0 Å². The Bertz CT molecular complexity index is 858. The van der Waals surface area contributed by atoms with Crippen molar-refractivity contribution in [2.45, 2.75) is 19.6 Å². The number of benzene rings is 2. The number of aliphatic hydroxyl groups is 1. The van der Waals surface area contributed by atoms with Gasteiger partial charge in [0, 0.05) is 11.3 Å². The number of carbonyl (C=O) groups excluding carboxylic acids is 1. The Labute approximate surface area is 157 Å². The second-order valence-electron chi connectivity index (χ2n) is 5.78. The third kappa shape index (κ3) is 4.89. The zero-order valence-electron chi connectivity index (χ0n) is 14.9. The molecule has 0 fully saturated rings. The summed E-state index contributed by atoms with van der Waals surface area (Å²) in [6, 6.07) is 17.5. The minimum atomic E-state index is -0.814. The predicted molar refractivity (Wildman–Crippen MR) is 101 cm³/mol. The fourth-order valence-electron chi connectivity index (χ4n) is 2.51. The minimum Gasteiger partial charge on any atom is -0.466 e. The maximum absolute atomic E-state index is 12.3. The van der Waals surface area contributed by atoms with E-state index in [0.717, 1.165) is 5.75 Å². The molecular formula is C21H21NO5. The van der Waals surface area contributed by atoms with E-state index in [1.54, 1.807) is 37.3 Å². The average Bonchev–Trinajstić information content (AvgIpc) is 3.17. The van der Waals surface area contributed by atoms with Crippen LogP contribution in [0.2, 0.25) is 0 Å². The van der Waals surface area contributed by atoms with Crippen LogP contribution in [0.1, 0.15) is 24.3 Å². The van der Waals surface area contributed by atoms with Crippen LogP contribution in [-0.2, 0) is 16.1 Å². The van der Waals surface area contributed by atoms with Crippen LogP contribution in [0.25, 0.3) is 0 Å². The van der Waals surface area contributed by atoms with Crippen LogP contribution < -0.4 is 10.1 Å². The van der Waals surface area contributed by atoms with Crippen molar-refractivity contribution >= 4 is 11.7 Å². The van der Waals surface area contributed by atoms with Gasteiger partial charge in [0.1, 0.15) is 17.3 Å². The molecule has 0 aliphatic heterocycles. The molecule has 1 aromatic heterocycles. The molecule has 1 unspecified atom stereocenters. The van der Waals surface area contributed by atoms with E-state index in [1.165, 1.54) is 6.26 Å². The highest BCUT2D eigenvalue weighted by Crippen LogP contribution is 2.26. The largest absolute Gasteiger partial charge is 0.466 e. The molecule has 0 radical (unpaired) electrons. The fraction of sp³-hybridized carbons (Fsp3) is 0.190. The normalized spacial score (nSPS) is 11.6. The van der Waals surface area contributed by atoms with Crippen molar-refractivity contribution in [1.29, 1.82) is 0 Å². The van der Waals surface area contributed by atoms with E-state index in [1.807, 2.05) is 30.3 Å². The fourth-order valence-corrected chi connectivity index (χ4v) is 2.51. The molecule has 1 atom stereocenters. The zero-order valence-corrected chi connectivity index (χ0v) is 14.9. The van der Waals surface area contributed by atoms with E-state index in [4.69, 9.17) is 13.9 Å². The van der Waals surface area contributed by atoms with Crippen LogP contribution in [-0.4, -0.2) is 17.7 Å². The van der Waals surface area contributed by atoms with Crippen molar-refractivity contribution < 1.29 is 23.8 Å². The zero-order chi connectivity index (χ0) is 19.1. The van der Waals surface area contributed by atoms with Gasteiger partial charge in [-0.25, -0.2) is 4.79 Å². The molecule has 3 rings (SSSR count). The SMILES string of the molecule is CCOC(=O)C(Nc1ccc(Oc2ccccc2)cc1)c1cc(CO)co1. The summed E-state index contributed by atoms with van der Waals surface area (Å²) in [6.07, 6.45) is 1.42. The number of carbonyl (C=O) groups is 1. The van der Waals surface area contributed by atoms with Crippen LogP contribution in [0.4, 0.5) is 5.69 Å². The Morgan fingerprint density at radius 3 is 2.44 bits per heavy atom. The van der Waals surface area contributed by atoms with E-state index >= 15 is 0 Å². The number of esters is 1. The van der Waals surface area contributed by atoms with Crippen molar-refractivity contribution in [3.63, 3.8) is 0 Å². The Morgan fingerprint density at radius 1 is 1.11 bits per heavy atom. The predicted octanol–water partition coefficient (Wildman–Crippen LogP) is 4.28. The van der Waals surface area contributed by atoms with E-state index < -0.39 is 12.0 Å². The quantitative estimate of drug-likeness (QED) is 0.579. The van der Waals surface area contributed by atoms with Gasteiger partial charge in [0.2, 0.25) is 0 Å². The first kappa shape index (κ1) is 18.5. The van der Waals surface area contributed by atoms with Crippen LogP contribution in [0.3, 0.4) is 0 Å². The highest BCUT2D eigenvalue weighted by molar-refractivity contribution is 5.80. The second-order valence-corrected chi connectivity index (χ2v) is 5.78. The number of hydrogen-bond acceptors (Lipinski definition) is 6. The summed E-state index contributed by atoms with van der Waals surface area (Å²) in [4.78, 5) is 12.3. The van der Waals surface area contributed by atoms with Gasteiger partial charge in [-0.05, 0) is 49.4 Å². The van der Waals surface area contributed by atoms with Crippen molar-refractivity contribution in [3.8, 4) is 11.5 Å². The number of hydrogen-bond donors (Lipinski definition) is 2. The van der Waals surface area contributed by atoms with Crippen molar-refractivity contribution in [2.24, 2.45) is 0 Å². The van der Waals surface area contributed by atoms with Gasteiger partial charge in [-0.15, -0.1) is 0 Å². The monoisotopic (exact) mass is 367 g/mol. The molecule has 0 bridgehead atoms. The average molecular weight is 367 g/mol. The molecule has 27 heavy (non-hydrogen) atoms. The number of nitrogens with one attached hydrogen (secondary N) is 1. The molecule has 1 heterocycles. The molecule has 0 aliphatic rings. The molecule has 6 heteroatoms. The van der Waals surface area contributed by atoms with E-state index in [9.17, 15) is 9.90 Å². The summed E-state index contributed by atoms with van der Waals surface area (Å²) < 4.78 is 16.3. The molecule has 0 saturated heterocycles. The molecule has 3 aromatic rings. The summed E-state index contributed by atoms with van der Waals surface area (Å²) >= 11 is 0. The van der Waals surface area contributed by atoms with Crippen molar-refractivity contribution in [2.75, 3.05) is 11.9 Å². The lowest BCUT2D eigenvalue weighted by Gasteiger charge is -2.16. The molecule has 2 aromatic carbocycles. The Morgan fingerprint density at radius 2 is 1.81 bits per heavy atom. The summed E-state index contributed by atoms with van der Waals surface area (Å²) in [5, 5.41) is 12.3. The van der Waals surface area contributed by atoms with Crippen LogP contribution in [0.15, 0.2) is 71.3 Å². The molecule has 2 N–H and O–H groups in total. The number of rotatable bonds is 8. The van der Waals surface area contributed by atoms with Gasteiger partial charge in [0.15, 0.2) is 6.04 Å². The Hall–Kier alpha value is -3.25. The molecule has 0 spiro atoms. The molecule has 0 amide bonds. The van der Waals surface area contributed by atoms with Crippen LogP contribution in [0, 0.1) is 0 Å². The third-order valence-electron chi connectivity index (χ3n) is 3.81. The highest BCUT2D eigenvalue weighted by atomic mass is 16.5. The van der Waals surface area contributed by atoms with Crippen molar-refractivity contribution in [1.82, 2.24) is 0 Å². The van der Waals surface area contributed by atoms with Gasteiger partial charge < -0.3 is 24.3 Å². The molecule has 0 saturated carbocycles. The number of para-hydroxylation sites is 1. The van der Waals surface area contributed by atoms with Gasteiger partial charge >= 0.3 is 5.97 Å². The summed E-state index contributed by atoms with van der Waals surface area (Å²) in [7, 11) is 0. The van der Waals surface area contributed by atoms with Gasteiger partial charge in [0.05, 0.1) is 19.5 Å². The topological polar surface area (TPSA) is 80.9 Å². The summed E-state index contributed by atoms with van der Waals surface area (Å²) in [6.45, 7) is 1.84. The van der Waals surface area contributed by atoms with Gasteiger partial charge in [-0.1, -0.05) is 18.2 Å². The van der Waals surface area contributed by atoms with E-state index in [0.29, 0.717) is 22.8 Å². The first-order valence-electron chi connectivity index (χ1n) is 8.64. The molecular weight excluding hydrogens is 346 g/mol. The lowest BCUT2D eigenvalue weighted by Crippen LogP contribution is -2.23. The lowest BCUT2D eigenvalue weighted by atomic mass is 10.2. The lowest BCUT2D eigenvalue weighted by molar-refractivity contribution is -0.144. The van der Waals surface area contributed by atoms with E-state index in [2.05, 4.69) is 5.32 Å². The number of anilines is 1. The van der Waals surface area contributed by atoms with Gasteiger partial charge in [-0.3, -0.25) is 0 Å². The van der Waals surface area contributed by atoms with E-state index in [-0.39, 0.29) is 13.2 Å². The molecule has 6 nitrogen and oxygen atoms in total. The maximum Gasteiger partial charge on any atom is 0.336 e. The second kappa shape index (κ2) is 8.91. The summed E-state index contributed by atoms with van der Waals surface area (Å²) in [5.41, 5.74) is 1.29. The summed E-state index contributed by atoms with van der Waals surface area (Å²) in [5.74, 6) is 1.35. The van der Waals surface area contributed by atoms with Crippen LogP contribution in [0.5, 0.6) is 11.5 Å². The number of furan rings is 1. The Kier molecular flexibility index (Phi) is 6.12. The molecule has 140 valence electrons. The third-order valence-corrected chi connectivity index (χ3v) is 3.81. The highest BCUT2D eigenvalue weighted by Gasteiger charge is 2.25. The minimum absolute atomic E-state index is 0.162. The molecule has 0 aliphatic carbocycles. The maximum atomic E-state index is 12.3. The smallest absolute Gasteiger partial charge is 0.336 e. The first-order chi connectivity index (χ1) is 13.2. The Balaban J connectivity index is 1.74. The first-order valence-corrected chi connectivity index (χ1v) is 8.64. The van der Waals surface area contributed by atoms with Gasteiger partial charge in [-0.2, -0.15) is 0 Å². The van der Waals surface area contributed by atoms with Gasteiger partial charge in [0.25, 0.3) is 0 Å². The number of ether oxygens (including phenoxy) is 2. The van der Waals surface area contributed by atoms with Crippen molar-refractivity contribution in [3.05, 3.63) is 78.3 Å².